The molecule has 3 aromatic heterocycles. The van der Waals surface area contributed by atoms with Crippen molar-refractivity contribution in [3.05, 3.63) is 163 Å². The minimum absolute atomic E-state index is 0.635. The highest BCUT2D eigenvalue weighted by molar-refractivity contribution is 7.25. The molecule has 0 unspecified atom stereocenters. The molecule has 244 valence electrons. The Bertz CT molecular complexity index is 3100. The number of aryl methyl sites for hydroxylation is 1. The van der Waals surface area contributed by atoms with Crippen LogP contribution in [0.2, 0.25) is 0 Å². The molecule has 0 radical (unpaired) electrons. The van der Waals surface area contributed by atoms with Gasteiger partial charge in [-0.2, -0.15) is 0 Å². The second kappa shape index (κ2) is 11.6. The van der Waals surface area contributed by atoms with E-state index in [0.29, 0.717) is 17.5 Å². The molecule has 1 aliphatic carbocycles. The second-order valence-electron chi connectivity index (χ2n) is 13.5. The highest BCUT2D eigenvalue weighted by atomic mass is 32.1. The summed E-state index contributed by atoms with van der Waals surface area (Å²) in [5, 5.41) is 6.96. The molecule has 52 heavy (non-hydrogen) atoms. The van der Waals surface area contributed by atoms with E-state index in [1.165, 1.54) is 36.7 Å². The van der Waals surface area contributed by atoms with Gasteiger partial charge in [-0.05, 0) is 93.9 Å². The molecule has 7 aromatic carbocycles. The summed E-state index contributed by atoms with van der Waals surface area (Å²) in [7, 11) is 0. The first-order valence-corrected chi connectivity index (χ1v) is 18.5. The summed E-state index contributed by atoms with van der Waals surface area (Å²) in [6.45, 7) is 0. The van der Waals surface area contributed by atoms with Gasteiger partial charge in [0.2, 0.25) is 0 Å². The molecule has 1 aliphatic rings. The van der Waals surface area contributed by atoms with Gasteiger partial charge in [0, 0.05) is 42.1 Å². The Morgan fingerprint density at radius 2 is 1.19 bits per heavy atom. The lowest BCUT2D eigenvalue weighted by atomic mass is 9.92. The number of nitrogens with zero attached hydrogens (tertiary/aromatic N) is 3. The quantitative estimate of drug-likeness (QED) is 0.185. The Morgan fingerprint density at radius 3 is 2.12 bits per heavy atom. The third-order valence-corrected chi connectivity index (χ3v) is 11.6. The molecule has 0 saturated heterocycles. The highest BCUT2D eigenvalue weighted by Gasteiger charge is 2.22. The molecule has 5 heteroatoms. The van der Waals surface area contributed by atoms with Crippen molar-refractivity contribution >= 4 is 75.9 Å². The molecule has 3 heterocycles. The summed E-state index contributed by atoms with van der Waals surface area (Å²) in [5.41, 5.74) is 9.50. The predicted octanol–water partition coefficient (Wildman–Crippen LogP) is 12.8. The van der Waals surface area contributed by atoms with Crippen molar-refractivity contribution in [2.24, 2.45) is 0 Å². The number of rotatable bonds is 4. The van der Waals surface area contributed by atoms with E-state index < -0.39 is 0 Å². The molecule has 0 bridgehead atoms. The zero-order valence-electron chi connectivity index (χ0n) is 28.0. The summed E-state index contributed by atoms with van der Waals surface area (Å²) in [5.74, 6) is 2.00. The first-order chi connectivity index (χ1) is 25.7. The van der Waals surface area contributed by atoms with Gasteiger partial charge >= 0.3 is 0 Å². The molecule has 0 saturated carbocycles. The van der Waals surface area contributed by atoms with Crippen molar-refractivity contribution in [2.45, 2.75) is 12.8 Å². The fraction of sp³-hybridized carbons (Fsp3) is 0.0426. The summed E-state index contributed by atoms with van der Waals surface area (Å²) >= 11 is 1.84. The molecule has 11 rings (SSSR count). The SMILES string of the molecule is C1=C(c2nc(-c3ccc4ccccc4c3)nc(-c3cccc4oc5cccc(-c6ccc7sc8ccccc8c7c6)c5c34)n2)CCc2ccccc21. The van der Waals surface area contributed by atoms with Gasteiger partial charge in [0.25, 0.3) is 0 Å². The predicted molar refractivity (Wildman–Crippen MR) is 216 cm³/mol. The molecule has 10 aromatic rings. The van der Waals surface area contributed by atoms with Crippen molar-refractivity contribution in [3.8, 4) is 33.9 Å². The third-order valence-electron chi connectivity index (χ3n) is 10.4. The fourth-order valence-electron chi connectivity index (χ4n) is 7.89. The summed E-state index contributed by atoms with van der Waals surface area (Å²) < 4.78 is 9.17. The van der Waals surface area contributed by atoms with Crippen molar-refractivity contribution in [2.75, 3.05) is 0 Å². The highest BCUT2D eigenvalue weighted by Crippen LogP contribution is 2.43. The van der Waals surface area contributed by atoms with Crippen LogP contribution in [0.5, 0.6) is 0 Å². The zero-order valence-corrected chi connectivity index (χ0v) is 28.8. The number of aromatic nitrogens is 3. The van der Waals surface area contributed by atoms with E-state index in [2.05, 4.69) is 140 Å². The third kappa shape index (κ3) is 4.70. The molecule has 0 spiro atoms. The summed E-state index contributed by atoms with van der Waals surface area (Å²) in [4.78, 5) is 15.7. The van der Waals surface area contributed by atoms with Crippen LogP contribution in [-0.2, 0) is 6.42 Å². The number of fused-ring (bicyclic) bond motifs is 8. The largest absolute Gasteiger partial charge is 0.456 e. The van der Waals surface area contributed by atoms with Crippen LogP contribution >= 0.6 is 11.3 Å². The maximum absolute atomic E-state index is 6.59. The number of furan rings is 1. The Balaban J connectivity index is 1.15. The smallest absolute Gasteiger partial charge is 0.164 e. The lowest BCUT2D eigenvalue weighted by Gasteiger charge is -2.17. The lowest BCUT2D eigenvalue weighted by molar-refractivity contribution is 0.669. The Hall–Kier alpha value is -6.43. The van der Waals surface area contributed by atoms with Gasteiger partial charge < -0.3 is 4.42 Å². The molecule has 0 fully saturated rings. The molecular weight excluding hydrogens is 655 g/mol. The van der Waals surface area contributed by atoms with Crippen LogP contribution in [0, 0.1) is 0 Å². The van der Waals surface area contributed by atoms with Gasteiger partial charge in [0.1, 0.15) is 11.2 Å². The number of thiophene rings is 1. The first-order valence-electron chi connectivity index (χ1n) is 17.6. The van der Waals surface area contributed by atoms with Crippen LogP contribution in [0.1, 0.15) is 23.4 Å². The molecule has 4 nitrogen and oxygen atoms in total. The van der Waals surface area contributed by atoms with Crippen LogP contribution in [0.4, 0.5) is 0 Å². The van der Waals surface area contributed by atoms with E-state index in [9.17, 15) is 0 Å². The normalized spacial score (nSPS) is 13.0. The maximum Gasteiger partial charge on any atom is 0.164 e. The van der Waals surface area contributed by atoms with Gasteiger partial charge in [-0.3, -0.25) is 0 Å². The molecule has 0 amide bonds. The first kappa shape index (κ1) is 29.3. The van der Waals surface area contributed by atoms with Crippen LogP contribution < -0.4 is 0 Å². The average Bonchev–Trinajstić information content (AvgIpc) is 3.78. The van der Waals surface area contributed by atoms with E-state index in [-0.39, 0.29) is 0 Å². The van der Waals surface area contributed by atoms with E-state index in [1.807, 2.05) is 23.5 Å². The van der Waals surface area contributed by atoms with Crippen LogP contribution in [0.25, 0.3) is 98.4 Å². The van der Waals surface area contributed by atoms with Crippen molar-refractivity contribution < 1.29 is 4.42 Å². The van der Waals surface area contributed by atoms with Gasteiger partial charge in [-0.1, -0.05) is 109 Å². The summed E-state index contributed by atoms with van der Waals surface area (Å²) in [6, 6.07) is 51.5. The Kier molecular flexibility index (Phi) is 6.51. The van der Waals surface area contributed by atoms with E-state index in [0.717, 1.165) is 68.0 Å². The molecule has 0 N–H and O–H groups in total. The maximum atomic E-state index is 6.59. The van der Waals surface area contributed by atoms with Gasteiger partial charge in [0.05, 0.1) is 0 Å². The minimum Gasteiger partial charge on any atom is -0.456 e. The topological polar surface area (TPSA) is 51.8 Å². The summed E-state index contributed by atoms with van der Waals surface area (Å²) in [6.07, 6.45) is 4.06. The lowest BCUT2D eigenvalue weighted by Crippen LogP contribution is -2.06. The van der Waals surface area contributed by atoms with Crippen LogP contribution in [0.3, 0.4) is 0 Å². The molecule has 0 atom stereocenters. The van der Waals surface area contributed by atoms with E-state index >= 15 is 0 Å². The Morgan fingerprint density at radius 1 is 0.481 bits per heavy atom. The van der Waals surface area contributed by atoms with Gasteiger partial charge in [-0.25, -0.2) is 15.0 Å². The van der Waals surface area contributed by atoms with E-state index in [1.54, 1.807) is 0 Å². The van der Waals surface area contributed by atoms with E-state index in [4.69, 9.17) is 19.4 Å². The average molecular weight is 684 g/mol. The molecule has 0 aliphatic heterocycles. The van der Waals surface area contributed by atoms with Crippen molar-refractivity contribution in [3.63, 3.8) is 0 Å². The van der Waals surface area contributed by atoms with Gasteiger partial charge in [-0.15, -0.1) is 11.3 Å². The zero-order chi connectivity index (χ0) is 34.2. The number of hydrogen-bond donors (Lipinski definition) is 0. The molecular formula is C47H29N3OS. The van der Waals surface area contributed by atoms with Crippen molar-refractivity contribution in [1.82, 2.24) is 15.0 Å². The monoisotopic (exact) mass is 683 g/mol. The minimum atomic E-state index is 0.635. The van der Waals surface area contributed by atoms with Crippen molar-refractivity contribution in [1.29, 1.82) is 0 Å². The van der Waals surface area contributed by atoms with Crippen LogP contribution in [-0.4, -0.2) is 15.0 Å². The number of benzene rings is 7. The number of hydrogen-bond acceptors (Lipinski definition) is 5. The number of allylic oxidation sites excluding steroid dienone is 1. The Labute approximate surface area is 303 Å². The van der Waals surface area contributed by atoms with Gasteiger partial charge in [0.15, 0.2) is 17.5 Å². The second-order valence-corrected chi connectivity index (χ2v) is 14.6. The fourth-order valence-corrected chi connectivity index (χ4v) is 8.98. The standard InChI is InChI=1S/C47H29N3OS/c1-3-11-30-25-33(21-19-28(30)9-1)45-48-46(34-22-20-29-10-2-4-12-31(29)26-34)50-47(49-45)37-15-8-17-40-44(37)43-35(14-7-16-39(43)51-40)32-23-24-42-38(27-32)36-13-5-6-18-41(36)52-42/h1-19,21,23-27H,20,22H2. The van der Waals surface area contributed by atoms with Crippen LogP contribution in [0.15, 0.2) is 150 Å².